The number of hydrogen-bond acceptors (Lipinski definition) is 6. The molecule has 0 unspecified atom stereocenters. The van der Waals surface area contributed by atoms with Gasteiger partial charge in [-0.15, -0.1) is 0 Å². The predicted octanol–water partition coefficient (Wildman–Crippen LogP) is 1.56. The van der Waals surface area contributed by atoms with Crippen molar-refractivity contribution in [1.29, 1.82) is 0 Å². The summed E-state index contributed by atoms with van der Waals surface area (Å²) < 4.78 is 5.56. The van der Waals surface area contributed by atoms with Crippen LogP contribution in [0.1, 0.15) is 11.5 Å². The van der Waals surface area contributed by atoms with E-state index in [1.54, 1.807) is 30.7 Å². The number of furan rings is 1. The van der Waals surface area contributed by atoms with Crippen LogP contribution in [-0.2, 0) is 16.0 Å². The lowest BCUT2D eigenvalue weighted by molar-refractivity contribution is -0.128. The monoisotopic (exact) mass is 362 g/mol. The summed E-state index contributed by atoms with van der Waals surface area (Å²) in [6.07, 6.45) is 7.08. The number of aromatic amines is 1. The molecule has 3 heterocycles. The van der Waals surface area contributed by atoms with Gasteiger partial charge in [0.1, 0.15) is 16.6 Å². The zero-order valence-corrected chi connectivity index (χ0v) is 14.2. The Balaban J connectivity index is 1.53. The van der Waals surface area contributed by atoms with E-state index in [-0.39, 0.29) is 18.4 Å². The van der Waals surface area contributed by atoms with Crippen LogP contribution in [0.4, 0.5) is 0 Å². The van der Waals surface area contributed by atoms with E-state index in [2.05, 4.69) is 15.3 Å². The maximum atomic E-state index is 12.4. The molecule has 0 aliphatic carbocycles. The number of nitrogens with zero attached hydrogens (tertiary/aromatic N) is 2. The zero-order valence-electron chi connectivity index (χ0n) is 12.5. The molecule has 7 nitrogen and oxygen atoms in total. The number of carbonyl (C=O) groups is 2. The summed E-state index contributed by atoms with van der Waals surface area (Å²) in [7, 11) is 0. The van der Waals surface area contributed by atoms with Crippen molar-refractivity contribution in [1.82, 2.24) is 20.2 Å². The summed E-state index contributed by atoms with van der Waals surface area (Å²) in [5, 5.41) is 2.76. The van der Waals surface area contributed by atoms with E-state index < -0.39 is 0 Å². The van der Waals surface area contributed by atoms with E-state index in [1.165, 1.54) is 11.2 Å². The number of hydrogen-bond donors (Lipinski definition) is 2. The summed E-state index contributed by atoms with van der Waals surface area (Å²) in [4.78, 5) is 33.0. The number of carbonyl (C=O) groups excluding carboxylic acids is 2. The van der Waals surface area contributed by atoms with Gasteiger partial charge in [0.25, 0.3) is 5.91 Å². The summed E-state index contributed by atoms with van der Waals surface area (Å²) in [6, 6.07) is 3.48. The Bertz CT molecular complexity index is 769. The number of H-pyrrole nitrogens is 1. The maximum absolute atomic E-state index is 12.4. The third kappa shape index (κ3) is 3.92. The van der Waals surface area contributed by atoms with Crippen LogP contribution in [0.5, 0.6) is 0 Å². The van der Waals surface area contributed by atoms with Gasteiger partial charge in [0.05, 0.1) is 17.5 Å². The van der Waals surface area contributed by atoms with Gasteiger partial charge in [-0.05, 0) is 12.1 Å². The van der Waals surface area contributed by atoms with Gasteiger partial charge in [0.15, 0.2) is 0 Å². The molecule has 0 bridgehead atoms. The predicted molar refractivity (Wildman–Crippen MR) is 93.9 cm³/mol. The minimum atomic E-state index is -0.287. The Hall–Kier alpha value is -2.39. The fraction of sp³-hybridized carbons (Fsp3) is 0.200. The number of imidazole rings is 1. The van der Waals surface area contributed by atoms with Crippen LogP contribution < -0.4 is 5.32 Å². The van der Waals surface area contributed by atoms with Crippen molar-refractivity contribution in [2.75, 3.05) is 13.1 Å². The van der Waals surface area contributed by atoms with Gasteiger partial charge in [-0.25, -0.2) is 4.98 Å². The fourth-order valence-corrected chi connectivity index (χ4v) is 3.33. The van der Waals surface area contributed by atoms with Crippen LogP contribution >= 0.6 is 24.0 Å². The molecular formula is C15H14N4O3S2. The molecule has 2 aromatic rings. The first-order valence-corrected chi connectivity index (χ1v) is 8.39. The van der Waals surface area contributed by atoms with Crippen molar-refractivity contribution in [2.24, 2.45) is 0 Å². The van der Waals surface area contributed by atoms with E-state index >= 15 is 0 Å². The van der Waals surface area contributed by atoms with E-state index in [4.69, 9.17) is 16.6 Å². The van der Waals surface area contributed by atoms with Crippen molar-refractivity contribution < 1.29 is 14.0 Å². The van der Waals surface area contributed by atoms with E-state index in [0.29, 0.717) is 28.0 Å². The highest BCUT2D eigenvalue weighted by Gasteiger charge is 2.33. The normalized spacial score (nSPS) is 16.2. The number of thiocarbonyl (C=S) groups is 1. The molecule has 24 heavy (non-hydrogen) atoms. The molecule has 0 atom stereocenters. The van der Waals surface area contributed by atoms with Gasteiger partial charge >= 0.3 is 0 Å². The van der Waals surface area contributed by atoms with Crippen LogP contribution in [0.2, 0.25) is 0 Å². The lowest BCUT2D eigenvalue weighted by Gasteiger charge is -2.13. The molecule has 0 spiro atoms. The molecule has 0 saturated carbocycles. The minimum absolute atomic E-state index is 0.0941. The molecule has 1 fully saturated rings. The topological polar surface area (TPSA) is 91.2 Å². The lowest BCUT2D eigenvalue weighted by Crippen LogP contribution is -2.40. The largest absolute Gasteiger partial charge is 0.465 e. The average Bonchev–Trinajstić information content (AvgIpc) is 3.28. The van der Waals surface area contributed by atoms with Crippen molar-refractivity contribution >= 4 is 46.2 Å². The van der Waals surface area contributed by atoms with Gasteiger partial charge < -0.3 is 14.7 Å². The third-order valence-electron chi connectivity index (χ3n) is 3.26. The summed E-state index contributed by atoms with van der Waals surface area (Å²) in [5.41, 5.74) is 0.933. The van der Waals surface area contributed by atoms with Crippen molar-refractivity contribution in [2.45, 2.75) is 6.42 Å². The van der Waals surface area contributed by atoms with Crippen molar-refractivity contribution in [3.05, 3.63) is 47.3 Å². The number of aromatic nitrogens is 2. The molecule has 9 heteroatoms. The molecule has 2 aromatic heterocycles. The molecule has 1 saturated heterocycles. The second-order valence-corrected chi connectivity index (χ2v) is 6.64. The molecule has 2 N–H and O–H groups in total. The standard InChI is InChI=1S/C15H14N4O3S2/c20-13(17-4-3-10-7-16-9-18-10)8-19-14(21)12(24-15(19)23)6-11-2-1-5-22-11/h1-2,5-7,9H,3-4,8H2,(H,16,18)(H,17,20). The summed E-state index contributed by atoms with van der Waals surface area (Å²) >= 11 is 6.35. The minimum Gasteiger partial charge on any atom is -0.465 e. The number of rotatable bonds is 6. The highest BCUT2D eigenvalue weighted by Crippen LogP contribution is 2.32. The molecule has 0 radical (unpaired) electrons. The van der Waals surface area contributed by atoms with Gasteiger partial charge in [-0.1, -0.05) is 24.0 Å². The third-order valence-corrected chi connectivity index (χ3v) is 4.64. The van der Waals surface area contributed by atoms with Gasteiger partial charge in [-0.3, -0.25) is 14.5 Å². The van der Waals surface area contributed by atoms with E-state index in [1.807, 2.05) is 0 Å². The lowest BCUT2D eigenvalue weighted by atomic mass is 10.3. The quantitative estimate of drug-likeness (QED) is 0.599. The smallest absolute Gasteiger partial charge is 0.266 e. The Kier molecular flexibility index (Phi) is 5.11. The molecule has 1 aliphatic rings. The van der Waals surface area contributed by atoms with Gasteiger partial charge in [0.2, 0.25) is 5.91 Å². The average molecular weight is 362 g/mol. The second-order valence-electron chi connectivity index (χ2n) is 4.96. The fourth-order valence-electron chi connectivity index (χ4n) is 2.10. The molecule has 124 valence electrons. The number of amides is 2. The molecule has 3 rings (SSSR count). The van der Waals surface area contributed by atoms with Crippen molar-refractivity contribution in [3.63, 3.8) is 0 Å². The van der Waals surface area contributed by atoms with E-state index in [9.17, 15) is 9.59 Å². The Morgan fingerprint density at radius 3 is 3.12 bits per heavy atom. The molecule has 0 aromatic carbocycles. The van der Waals surface area contributed by atoms with Crippen LogP contribution in [-0.4, -0.2) is 44.1 Å². The molecule has 2 amide bonds. The summed E-state index contributed by atoms with van der Waals surface area (Å²) in [5.74, 6) is 0.0229. The highest BCUT2D eigenvalue weighted by atomic mass is 32.2. The van der Waals surface area contributed by atoms with E-state index in [0.717, 1.165) is 17.5 Å². The first-order valence-electron chi connectivity index (χ1n) is 7.16. The van der Waals surface area contributed by atoms with Crippen LogP contribution in [0, 0.1) is 0 Å². The first-order chi connectivity index (χ1) is 11.6. The number of nitrogens with one attached hydrogen (secondary N) is 2. The van der Waals surface area contributed by atoms with Crippen molar-refractivity contribution in [3.8, 4) is 0 Å². The van der Waals surface area contributed by atoms with Crippen LogP contribution in [0.25, 0.3) is 6.08 Å². The Morgan fingerprint density at radius 1 is 1.54 bits per heavy atom. The Labute approximate surface area is 147 Å². The van der Waals surface area contributed by atoms with Gasteiger partial charge in [0, 0.05) is 30.9 Å². The number of thioether (sulfide) groups is 1. The summed E-state index contributed by atoms with van der Waals surface area (Å²) in [6.45, 7) is 0.362. The molecule has 1 aliphatic heterocycles. The maximum Gasteiger partial charge on any atom is 0.266 e. The SMILES string of the molecule is O=C(CN1C(=O)C(=Cc2ccco2)SC1=S)NCCc1cnc[nH]1. The Morgan fingerprint density at radius 2 is 2.42 bits per heavy atom. The van der Waals surface area contributed by atoms with Crippen LogP contribution in [0.3, 0.4) is 0 Å². The second kappa shape index (κ2) is 7.45. The van der Waals surface area contributed by atoms with Gasteiger partial charge in [-0.2, -0.15) is 0 Å². The highest BCUT2D eigenvalue weighted by molar-refractivity contribution is 8.26. The molecular weight excluding hydrogens is 348 g/mol. The first kappa shape index (κ1) is 16.5. The zero-order chi connectivity index (χ0) is 16.9. The van der Waals surface area contributed by atoms with Crippen LogP contribution in [0.15, 0.2) is 40.2 Å².